The van der Waals surface area contributed by atoms with Gasteiger partial charge in [0, 0.05) is 18.9 Å². The van der Waals surface area contributed by atoms with E-state index in [0.29, 0.717) is 6.61 Å². The predicted octanol–water partition coefficient (Wildman–Crippen LogP) is 4.15. The van der Waals surface area contributed by atoms with Crippen molar-refractivity contribution >= 4 is 0 Å². The van der Waals surface area contributed by atoms with E-state index in [1.807, 2.05) is 35.3 Å². The summed E-state index contributed by atoms with van der Waals surface area (Å²) < 4.78 is 13.7. The first-order valence-corrected chi connectivity index (χ1v) is 8.66. The Labute approximate surface area is 148 Å². The number of nitrogens with zero attached hydrogens (tertiary/aromatic N) is 2. The summed E-state index contributed by atoms with van der Waals surface area (Å²) >= 11 is 0. The molecule has 4 heteroatoms. The van der Waals surface area contributed by atoms with Gasteiger partial charge >= 0.3 is 0 Å². The number of ether oxygens (including phenoxy) is 2. The minimum absolute atomic E-state index is 0.393. The summed E-state index contributed by atoms with van der Waals surface area (Å²) in [5.74, 6) is 0.863. The highest BCUT2D eigenvalue weighted by atomic mass is 16.5. The van der Waals surface area contributed by atoms with Gasteiger partial charge in [-0.15, -0.1) is 0 Å². The highest BCUT2D eigenvalue weighted by Crippen LogP contribution is 2.45. The van der Waals surface area contributed by atoms with E-state index in [1.54, 1.807) is 7.11 Å². The van der Waals surface area contributed by atoms with Crippen LogP contribution in [0.5, 0.6) is 5.75 Å². The standard InChI is InChI=1S/C21H22N2O2/c1-24-19-10-8-18(9-11-19)21(12-4-14-23-15-5-13-22-23)20-7-3-2-6-17(20)16-25-21/h2-3,5-11,13,15H,4,12,14,16H2,1H3. The van der Waals surface area contributed by atoms with Crippen LogP contribution in [0, 0.1) is 0 Å². The van der Waals surface area contributed by atoms with E-state index in [2.05, 4.69) is 41.5 Å². The lowest BCUT2D eigenvalue weighted by molar-refractivity contribution is -0.0138. The van der Waals surface area contributed by atoms with Crippen molar-refractivity contribution in [3.05, 3.63) is 83.7 Å². The lowest BCUT2D eigenvalue weighted by Gasteiger charge is -2.30. The zero-order valence-corrected chi connectivity index (χ0v) is 14.4. The molecule has 1 atom stereocenters. The summed E-state index contributed by atoms with van der Waals surface area (Å²) in [7, 11) is 1.69. The molecule has 0 saturated heterocycles. The lowest BCUT2D eigenvalue weighted by Crippen LogP contribution is -2.27. The Bertz CT molecular complexity index is 827. The lowest BCUT2D eigenvalue weighted by atomic mass is 9.82. The number of benzene rings is 2. The first-order chi connectivity index (χ1) is 12.3. The molecule has 0 aliphatic carbocycles. The SMILES string of the molecule is COc1ccc(C2(CCCn3cccn3)OCc3ccccc32)cc1. The average molecular weight is 334 g/mol. The zero-order chi connectivity index (χ0) is 17.1. The molecule has 1 aliphatic rings. The molecule has 0 bridgehead atoms. The van der Waals surface area contributed by atoms with Crippen LogP contribution in [0.25, 0.3) is 0 Å². The maximum Gasteiger partial charge on any atom is 0.119 e. The van der Waals surface area contributed by atoms with E-state index < -0.39 is 5.60 Å². The van der Waals surface area contributed by atoms with Crippen molar-refractivity contribution in [1.29, 1.82) is 0 Å². The largest absolute Gasteiger partial charge is 0.497 e. The topological polar surface area (TPSA) is 36.3 Å². The van der Waals surface area contributed by atoms with E-state index in [9.17, 15) is 0 Å². The number of rotatable bonds is 6. The van der Waals surface area contributed by atoms with Crippen LogP contribution in [0.3, 0.4) is 0 Å². The molecule has 1 unspecified atom stereocenters. The van der Waals surface area contributed by atoms with Gasteiger partial charge in [-0.25, -0.2) is 0 Å². The van der Waals surface area contributed by atoms with Crippen molar-refractivity contribution in [2.45, 2.75) is 31.6 Å². The van der Waals surface area contributed by atoms with Gasteiger partial charge in [0.15, 0.2) is 0 Å². The molecule has 0 saturated carbocycles. The van der Waals surface area contributed by atoms with Gasteiger partial charge in [-0.05, 0) is 47.7 Å². The highest BCUT2D eigenvalue weighted by Gasteiger charge is 2.41. The van der Waals surface area contributed by atoms with E-state index in [1.165, 1.54) is 16.7 Å². The van der Waals surface area contributed by atoms with Gasteiger partial charge < -0.3 is 9.47 Å². The van der Waals surface area contributed by atoms with E-state index in [0.717, 1.165) is 25.1 Å². The van der Waals surface area contributed by atoms with Gasteiger partial charge in [-0.3, -0.25) is 4.68 Å². The fourth-order valence-electron chi connectivity index (χ4n) is 3.69. The van der Waals surface area contributed by atoms with Gasteiger partial charge in [-0.2, -0.15) is 5.10 Å². The molecule has 4 nitrogen and oxygen atoms in total. The second-order valence-corrected chi connectivity index (χ2v) is 6.37. The Morgan fingerprint density at radius 3 is 2.72 bits per heavy atom. The summed E-state index contributed by atoms with van der Waals surface area (Å²) in [5, 5.41) is 4.30. The summed E-state index contributed by atoms with van der Waals surface area (Å²) in [6, 6.07) is 18.7. The third kappa shape index (κ3) is 2.94. The molecule has 2 heterocycles. The highest BCUT2D eigenvalue weighted by molar-refractivity contribution is 5.45. The van der Waals surface area contributed by atoms with Gasteiger partial charge in [0.2, 0.25) is 0 Å². The number of methoxy groups -OCH3 is 1. The second kappa shape index (κ2) is 6.73. The molecule has 3 aromatic rings. The van der Waals surface area contributed by atoms with Gasteiger partial charge in [-0.1, -0.05) is 36.4 Å². The van der Waals surface area contributed by atoms with Crippen LogP contribution in [0.1, 0.15) is 29.5 Å². The van der Waals surface area contributed by atoms with Crippen LogP contribution < -0.4 is 4.74 Å². The molecule has 2 aromatic carbocycles. The number of hydrogen-bond acceptors (Lipinski definition) is 3. The molecule has 0 N–H and O–H groups in total. The van der Waals surface area contributed by atoms with Crippen molar-refractivity contribution in [2.75, 3.05) is 7.11 Å². The van der Waals surface area contributed by atoms with Crippen LogP contribution in [0.15, 0.2) is 67.0 Å². The van der Waals surface area contributed by atoms with Crippen molar-refractivity contribution < 1.29 is 9.47 Å². The van der Waals surface area contributed by atoms with E-state index >= 15 is 0 Å². The first-order valence-electron chi connectivity index (χ1n) is 8.66. The van der Waals surface area contributed by atoms with Crippen LogP contribution in [0.4, 0.5) is 0 Å². The molecule has 0 spiro atoms. The average Bonchev–Trinajstić information content (AvgIpc) is 3.31. The minimum atomic E-state index is -0.393. The first kappa shape index (κ1) is 15.9. The minimum Gasteiger partial charge on any atom is -0.497 e. The fraction of sp³-hybridized carbons (Fsp3) is 0.286. The van der Waals surface area contributed by atoms with Crippen molar-refractivity contribution in [2.24, 2.45) is 0 Å². The van der Waals surface area contributed by atoms with Crippen molar-refractivity contribution in [3.8, 4) is 5.75 Å². The van der Waals surface area contributed by atoms with E-state index in [-0.39, 0.29) is 0 Å². The molecule has 0 fully saturated rings. The molecule has 1 aliphatic heterocycles. The Hall–Kier alpha value is -2.59. The van der Waals surface area contributed by atoms with Gasteiger partial charge in [0.1, 0.15) is 11.4 Å². The predicted molar refractivity (Wildman–Crippen MR) is 96.5 cm³/mol. The zero-order valence-electron chi connectivity index (χ0n) is 14.4. The molecule has 4 rings (SSSR count). The van der Waals surface area contributed by atoms with Crippen molar-refractivity contribution in [1.82, 2.24) is 9.78 Å². The third-order valence-corrected chi connectivity index (χ3v) is 4.96. The van der Waals surface area contributed by atoms with Gasteiger partial charge in [0.25, 0.3) is 0 Å². The Balaban J connectivity index is 1.66. The van der Waals surface area contributed by atoms with Crippen molar-refractivity contribution in [3.63, 3.8) is 0 Å². The molecule has 25 heavy (non-hydrogen) atoms. The smallest absolute Gasteiger partial charge is 0.119 e. The molecule has 0 amide bonds. The monoisotopic (exact) mass is 334 g/mol. The number of aryl methyl sites for hydroxylation is 1. The van der Waals surface area contributed by atoms with Crippen LogP contribution in [-0.4, -0.2) is 16.9 Å². The van der Waals surface area contributed by atoms with Crippen LogP contribution >= 0.6 is 0 Å². The molecular weight excluding hydrogens is 312 g/mol. The number of hydrogen-bond donors (Lipinski definition) is 0. The van der Waals surface area contributed by atoms with Gasteiger partial charge in [0.05, 0.1) is 13.7 Å². The number of fused-ring (bicyclic) bond motifs is 1. The summed E-state index contributed by atoms with van der Waals surface area (Å²) in [5.41, 5.74) is 3.34. The molecule has 128 valence electrons. The second-order valence-electron chi connectivity index (χ2n) is 6.37. The fourth-order valence-corrected chi connectivity index (χ4v) is 3.69. The van der Waals surface area contributed by atoms with E-state index in [4.69, 9.17) is 9.47 Å². The quantitative estimate of drug-likeness (QED) is 0.679. The summed E-state index contributed by atoms with van der Waals surface area (Å²) in [6.07, 6.45) is 5.72. The summed E-state index contributed by atoms with van der Waals surface area (Å²) in [6.45, 7) is 1.54. The third-order valence-electron chi connectivity index (χ3n) is 4.96. The Kier molecular flexibility index (Phi) is 4.28. The maximum absolute atomic E-state index is 6.42. The Morgan fingerprint density at radius 2 is 1.96 bits per heavy atom. The summed E-state index contributed by atoms with van der Waals surface area (Å²) in [4.78, 5) is 0. The van der Waals surface area contributed by atoms with Crippen LogP contribution in [-0.2, 0) is 23.5 Å². The normalized spacial score (nSPS) is 18.9. The molecule has 0 radical (unpaired) electrons. The number of aromatic nitrogens is 2. The van der Waals surface area contributed by atoms with Crippen LogP contribution in [0.2, 0.25) is 0 Å². The maximum atomic E-state index is 6.42. The molecule has 1 aromatic heterocycles. The molecular formula is C21H22N2O2. The Morgan fingerprint density at radius 1 is 1.12 bits per heavy atom.